The number of ether oxygens (including phenoxy) is 2. The summed E-state index contributed by atoms with van der Waals surface area (Å²) in [6.07, 6.45) is -4.04. The number of alkyl halides is 3. The fraction of sp³-hybridized carbons (Fsp3) is 0.316. The molecule has 6 heteroatoms. The van der Waals surface area contributed by atoms with Gasteiger partial charge in [-0.3, -0.25) is 4.79 Å². The van der Waals surface area contributed by atoms with Gasteiger partial charge in [0.25, 0.3) is 0 Å². The van der Waals surface area contributed by atoms with Crippen molar-refractivity contribution in [3.63, 3.8) is 0 Å². The van der Waals surface area contributed by atoms with Crippen LogP contribution in [0.15, 0.2) is 42.5 Å². The highest BCUT2D eigenvalue weighted by Gasteiger charge is 2.32. The van der Waals surface area contributed by atoms with E-state index in [-0.39, 0.29) is 12.4 Å². The van der Waals surface area contributed by atoms with Crippen molar-refractivity contribution in [1.29, 1.82) is 0 Å². The second-order valence-corrected chi connectivity index (χ2v) is 6.60. The Morgan fingerprint density at radius 3 is 2.44 bits per heavy atom. The van der Waals surface area contributed by atoms with Gasteiger partial charge in [-0.1, -0.05) is 12.1 Å². The molecule has 0 N–H and O–H groups in total. The first kappa shape index (κ1) is 17.3. The number of carbonyl (C=O) groups excluding carboxylic acids is 1. The first-order chi connectivity index (χ1) is 11.6. The maximum Gasteiger partial charge on any atom is 0.416 e. The normalized spacial score (nSPS) is 16.1. The number of carbonyl (C=O) groups is 1. The smallest absolute Gasteiger partial charge is 0.416 e. The molecular weight excluding hydrogens is 333 g/mol. The van der Waals surface area contributed by atoms with Gasteiger partial charge in [-0.05, 0) is 43.7 Å². The van der Waals surface area contributed by atoms with Crippen molar-refractivity contribution in [1.82, 2.24) is 0 Å². The van der Waals surface area contributed by atoms with Gasteiger partial charge in [0, 0.05) is 6.07 Å². The zero-order valence-corrected chi connectivity index (χ0v) is 13.8. The fourth-order valence-corrected chi connectivity index (χ4v) is 2.68. The third kappa shape index (κ3) is 3.95. The van der Waals surface area contributed by atoms with E-state index in [0.717, 1.165) is 12.1 Å². The molecular formula is C19H17F3O3. The number of rotatable bonds is 3. The zero-order valence-electron chi connectivity index (χ0n) is 13.8. The molecule has 1 aliphatic heterocycles. The molecule has 0 atom stereocenters. The minimum absolute atomic E-state index is 0.0144. The summed E-state index contributed by atoms with van der Waals surface area (Å²) in [5, 5.41) is 0. The number of hydrogen-bond acceptors (Lipinski definition) is 3. The predicted octanol–water partition coefficient (Wildman–Crippen LogP) is 5.03. The van der Waals surface area contributed by atoms with Crippen molar-refractivity contribution in [2.45, 2.75) is 38.7 Å². The topological polar surface area (TPSA) is 35.5 Å². The van der Waals surface area contributed by atoms with Crippen LogP contribution in [0.5, 0.6) is 11.5 Å². The van der Waals surface area contributed by atoms with Gasteiger partial charge in [0.2, 0.25) is 0 Å². The Bertz CT molecular complexity index is 793. The van der Waals surface area contributed by atoms with Crippen molar-refractivity contribution >= 4 is 5.78 Å². The van der Waals surface area contributed by atoms with Crippen LogP contribution in [-0.2, 0) is 12.8 Å². The molecule has 0 unspecified atom stereocenters. The van der Waals surface area contributed by atoms with E-state index in [1.165, 1.54) is 12.1 Å². The van der Waals surface area contributed by atoms with Crippen molar-refractivity contribution in [2.24, 2.45) is 0 Å². The number of Topliss-reactive ketones (excluding diaryl/α,β-unsaturated/α-hetero) is 1. The minimum Gasteiger partial charge on any atom is -0.489 e. The standard InChI is InChI=1S/C19H17F3O3/c1-18(2)10-16(23)15-8-7-14(9-17(15)25-18)24-11-12-3-5-13(6-4-12)19(20,21)22/h3-9H,10-11H2,1-2H3. The maximum atomic E-state index is 12.6. The molecule has 0 radical (unpaired) electrons. The van der Waals surface area contributed by atoms with Crippen LogP contribution in [0.4, 0.5) is 13.2 Å². The van der Waals surface area contributed by atoms with Gasteiger partial charge in [0.1, 0.15) is 23.7 Å². The second kappa shape index (κ2) is 6.10. The SMILES string of the molecule is CC1(C)CC(=O)c2ccc(OCc3ccc(C(F)(F)F)cc3)cc2O1. The minimum atomic E-state index is -4.35. The van der Waals surface area contributed by atoms with Gasteiger partial charge in [-0.25, -0.2) is 0 Å². The Labute approximate surface area is 143 Å². The summed E-state index contributed by atoms with van der Waals surface area (Å²) >= 11 is 0. The molecule has 1 aliphatic rings. The van der Waals surface area contributed by atoms with Crippen LogP contribution in [-0.4, -0.2) is 11.4 Å². The van der Waals surface area contributed by atoms with Gasteiger partial charge in [0.15, 0.2) is 5.78 Å². The average Bonchev–Trinajstić information content (AvgIpc) is 2.51. The summed E-state index contributed by atoms with van der Waals surface area (Å²) < 4.78 is 49.1. The van der Waals surface area contributed by atoms with Crippen LogP contribution >= 0.6 is 0 Å². The lowest BCUT2D eigenvalue weighted by atomic mass is 9.93. The molecule has 2 aromatic rings. The molecule has 0 saturated carbocycles. The Balaban J connectivity index is 1.71. The van der Waals surface area contributed by atoms with Crippen LogP contribution in [0, 0.1) is 0 Å². The van der Waals surface area contributed by atoms with Gasteiger partial charge in [-0.15, -0.1) is 0 Å². The van der Waals surface area contributed by atoms with E-state index in [1.807, 2.05) is 13.8 Å². The Kier molecular flexibility index (Phi) is 4.22. The van der Waals surface area contributed by atoms with Crippen molar-refractivity contribution < 1.29 is 27.4 Å². The van der Waals surface area contributed by atoms with Crippen molar-refractivity contribution in [3.05, 3.63) is 59.2 Å². The lowest BCUT2D eigenvalue weighted by Crippen LogP contribution is -2.35. The van der Waals surface area contributed by atoms with E-state index >= 15 is 0 Å². The number of halogens is 3. The lowest BCUT2D eigenvalue weighted by molar-refractivity contribution is -0.137. The molecule has 1 heterocycles. The predicted molar refractivity (Wildman–Crippen MR) is 85.9 cm³/mol. The molecule has 2 aromatic carbocycles. The van der Waals surface area contributed by atoms with Gasteiger partial charge >= 0.3 is 6.18 Å². The van der Waals surface area contributed by atoms with Crippen LogP contribution in [0.3, 0.4) is 0 Å². The zero-order chi connectivity index (χ0) is 18.2. The quantitative estimate of drug-likeness (QED) is 0.779. The second-order valence-electron chi connectivity index (χ2n) is 6.60. The van der Waals surface area contributed by atoms with E-state index < -0.39 is 17.3 Å². The average molecular weight is 350 g/mol. The van der Waals surface area contributed by atoms with E-state index in [4.69, 9.17) is 9.47 Å². The molecule has 0 fully saturated rings. The summed E-state index contributed by atoms with van der Waals surface area (Å²) in [6.45, 7) is 3.79. The molecule has 132 valence electrons. The van der Waals surface area contributed by atoms with Gasteiger partial charge in [-0.2, -0.15) is 13.2 Å². The van der Waals surface area contributed by atoms with E-state index in [9.17, 15) is 18.0 Å². The molecule has 0 bridgehead atoms. The van der Waals surface area contributed by atoms with Gasteiger partial charge in [0.05, 0.1) is 17.5 Å². The summed E-state index contributed by atoms with van der Waals surface area (Å²) in [6, 6.07) is 9.75. The molecule has 3 nitrogen and oxygen atoms in total. The number of benzene rings is 2. The van der Waals surface area contributed by atoms with Crippen LogP contribution in [0.1, 0.15) is 41.8 Å². The molecule has 0 spiro atoms. The van der Waals surface area contributed by atoms with Crippen LogP contribution < -0.4 is 9.47 Å². The Morgan fingerprint density at radius 1 is 1.12 bits per heavy atom. The van der Waals surface area contributed by atoms with Gasteiger partial charge < -0.3 is 9.47 Å². The van der Waals surface area contributed by atoms with Crippen LogP contribution in [0.25, 0.3) is 0 Å². The summed E-state index contributed by atoms with van der Waals surface area (Å²) in [7, 11) is 0. The molecule has 3 rings (SSSR count). The Morgan fingerprint density at radius 2 is 1.80 bits per heavy atom. The molecule has 0 saturated heterocycles. The van der Waals surface area contributed by atoms with E-state index in [0.29, 0.717) is 29.0 Å². The third-order valence-corrected chi connectivity index (χ3v) is 3.91. The highest BCUT2D eigenvalue weighted by molar-refractivity contribution is 6.00. The lowest BCUT2D eigenvalue weighted by Gasteiger charge is -2.31. The Hall–Kier alpha value is -2.50. The fourth-order valence-electron chi connectivity index (χ4n) is 2.68. The van der Waals surface area contributed by atoms with E-state index in [1.54, 1.807) is 18.2 Å². The summed E-state index contributed by atoms with van der Waals surface area (Å²) in [5.41, 5.74) is -0.140. The van der Waals surface area contributed by atoms with Crippen molar-refractivity contribution in [2.75, 3.05) is 0 Å². The van der Waals surface area contributed by atoms with E-state index in [2.05, 4.69) is 0 Å². The molecule has 0 amide bonds. The summed E-state index contributed by atoms with van der Waals surface area (Å²) in [4.78, 5) is 12.1. The largest absolute Gasteiger partial charge is 0.489 e. The third-order valence-electron chi connectivity index (χ3n) is 3.91. The molecule has 0 aliphatic carbocycles. The highest BCUT2D eigenvalue weighted by Crippen LogP contribution is 2.35. The first-order valence-corrected chi connectivity index (χ1v) is 7.79. The van der Waals surface area contributed by atoms with Crippen molar-refractivity contribution in [3.8, 4) is 11.5 Å². The maximum absolute atomic E-state index is 12.6. The monoisotopic (exact) mass is 350 g/mol. The van der Waals surface area contributed by atoms with Crippen LogP contribution in [0.2, 0.25) is 0 Å². The number of fused-ring (bicyclic) bond motifs is 1. The number of ketones is 1. The molecule has 0 aromatic heterocycles. The summed E-state index contributed by atoms with van der Waals surface area (Å²) in [5.74, 6) is 0.968. The molecule has 25 heavy (non-hydrogen) atoms. The number of hydrogen-bond donors (Lipinski definition) is 0. The highest BCUT2D eigenvalue weighted by atomic mass is 19.4. The first-order valence-electron chi connectivity index (χ1n) is 7.79.